The van der Waals surface area contributed by atoms with Gasteiger partial charge in [-0.05, 0) is 65.6 Å². The predicted molar refractivity (Wildman–Crippen MR) is 135 cm³/mol. The molecule has 7 heteroatoms. The summed E-state index contributed by atoms with van der Waals surface area (Å²) in [6.07, 6.45) is 1.12. The molecule has 184 valence electrons. The third-order valence-electron chi connectivity index (χ3n) is 7.01. The van der Waals surface area contributed by atoms with Crippen LogP contribution in [0.1, 0.15) is 58.8 Å². The Morgan fingerprint density at radius 1 is 0.889 bits per heavy atom. The zero-order valence-corrected chi connectivity index (χ0v) is 19.9. The molecule has 3 N–H and O–H groups in total. The molecule has 36 heavy (non-hydrogen) atoms. The van der Waals surface area contributed by atoms with Gasteiger partial charge in [-0.15, -0.1) is 0 Å². The van der Waals surface area contributed by atoms with Crippen LogP contribution in [-0.4, -0.2) is 35.7 Å². The first-order valence-electron chi connectivity index (χ1n) is 12.2. The van der Waals surface area contributed by atoms with Gasteiger partial charge in [-0.2, -0.15) is 0 Å². The molecule has 5 rings (SSSR count). The van der Waals surface area contributed by atoms with E-state index in [0.29, 0.717) is 0 Å². The summed E-state index contributed by atoms with van der Waals surface area (Å²) < 4.78 is 5.64. The second-order valence-electron chi connectivity index (χ2n) is 9.44. The molecule has 0 bridgehead atoms. The highest BCUT2D eigenvalue weighted by Crippen LogP contribution is 2.44. The molecule has 0 aromatic heterocycles. The highest BCUT2D eigenvalue weighted by molar-refractivity contribution is 5.88. The first-order valence-corrected chi connectivity index (χ1v) is 12.2. The predicted octanol–water partition coefficient (Wildman–Crippen LogP) is 4.88. The third-order valence-corrected chi connectivity index (χ3v) is 7.01. The van der Waals surface area contributed by atoms with Crippen molar-refractivity contribution in [1.29, 1.82) is 0 Å². The fourth-order valence-corrected chi connectivity index (χ4v) is 4.89. The summed E-state index contributed by atoms with van der Waals surface area (Å²) in [7, 11) is 0. The maximum absolute atomic E-state index is 13.0. The summed E-state index contributed by atoms with van der Waals surface area (Å²) in [6, 6.07) is 21.6. The largest absolute Gasteiger partial charge is 0.478 e. The lowest BCUT2D eigenvalue weighted by Crippen LogP contribution is -2.49. The molecule has 1 fully saturated rings. The summed E-state index contributed by atoms with van der Waals surface area (Å²) in [4.78, 5) is 36.9. The Labute approximate surface area is 209 Å². The van der Waals surface area contributed by atoms with Crippen LogP contribution in [0.5, 0.6) is 0 Å². The Hall–Kier alpha value is -4.13. The monoisotopic (exact) mass is 484 g/mol. The van der Waals surface area contributed by atoms with E-state index in [1.54, 1.807) is 12.1 Å². The number of amides is 2. The van der Waals surface area contributed by atoms with Gasteiger partial charge in [0.25, 0.3) is 0 Å². The van der Waals surface area contributed by atoms with Crippen LogP contribution in [0.4, 0.5) is 4.79 Å². The molecule has 2 amide bonds. The Morgan fingerprint density at radius 2 is 1.47 bits per heavy atom. The van der Waals surface area contributed by atoms with Gasteiger partial charge >= 0.3 is 12.1 Å². The van der Waals surface area contributed by atoms with E-state index in [2.05, 4.69) is 34.9 Å². The van der Waals surface area contributed by atoms with Crippen LogP contribution in [-0.2, 0) is 9.53 Å². The minimum atomic E-state index is -1.00. The van der Waals surface area contributed by atoms with Gasteiger partial charge in [0.2, 0.25) is 5.91 Å². The van der Waals surface area contributed by atoms with Gasteiger partial charge in [0.1, 0.15) is 12.6 Å². The van der Waals surface area contributed by atoms with Crippen LogP contribution in [0.2, 0.25) is 0 Å². The van der Waals surface area contributed by atoms with E-state index in [1.165, 1.54) is 12.1 Å². The number of carbonyl (C=O) groups excluding carboxylic acids is 2. The molecule has 2 aliphatic carbocycles. The van der Waals surface area contributed by atoms with Crippen molar-refractivity contribution >= 4 is 18.0 Å². The molecule has 0 aliphatic heterocycles. The normalized spacial score (nSPS) is 15.8. The number of alkyl carbamates (subject to hydrolysis) is 1. The minimum Gasteiger partial charge on any atom is -0.478 e. The zero-order chi connectivity index (χ0) is 25.2. The summed E-state index contributed by atoms with van der Waals surface area (Å²) >= 11 is 0. The topological polar surface area (TPSA) is 105 Å². The number of nitrogens with one attached hydrogen (secondary N) is 2. The Balaban J connectivity index is 1.21. The molecule has 0 heterocycles. The number of fused-ring (bicyclic) bond motifs is 3. The van der Waals surface area contributed by atoms with Crippen LogP contribution >= 0.6 is 0 Å². The summed E-state index contributed by atoms with van der Waals surface area (Å²) in [5.74, 6) is -1.25. The number of carbonyl (C=O) groups is 3. The van der Waals surface area contributed by atoms with Gasteiger partial charge in [-0.1, -0.05) is 60.7 Å². The number of ether oxygens (including phenoxy) is 1. The van der Waals surface area contributed by atoms with Gasteiger partial charge < -0.3 is 20.5 Å². The number of hydrogen-bond donors (Lipinski definition) is 3. The van der Waals surface area contributed by atoms with Crippen molar-refractivity contribution in [3.05, 3.63) is 95.1 Å². The molecule has 2 atom stereocenters. The van der Waals surface area contributed by atoms with Gasteiger partial charge in [0, 0.05) is 5.92 Å². The fourth-order valence-electron chi connectivity index (χ4n) is 4.89. The fraction of sp³-hybridized carbons (Fsp3) is 0.276. The van der Waals surface area contributed by atoms with Crippen molar-refractivity contribution in [3.63, 3.8) is 0 Å². The maximum atomic E-state index is 13.0. The lowest BCUT2D eigenvalue weighted by atomic mass is 9.98. The maximum Gasteiger partial charge on any atom is 0.407 e. The number of benzene rings is 3. The first-order chi connectivity index (χ1) is 17.4. The van der Waals surface area contributed by atoms with Crippen LogP contribution in [0.15, 0.2) is 72.8 Å². The molecule has 2 unspecified atom stereocenters. The summed E-state index contributed by atoms with van der Waals surface area (Å²) in [6.45, 7) is 2.01. The second kappa shape index (κ2) is 9.85. The molecular weight excluding hydrogens is 456 g/mol. The third kappa shape index (κ3) is 4.82. The van der Waals surface area contributed by atoms with Crippen LogP contribution in [0, 0.1) is 5.92 Å². The second-order valence-corrected chi connectivity index (χ2v) is 9.44. The average molecular weight is 485 g/mol. The Bertz CT molecular complexity index is 1250. The van der Waals surface area contributed by atoms with Crippen molar-refractivity contribution in [2.75, 3.05) is 6.61 Å². The van der Waals surface area contributed by atoms with Crippen LogP contribution in [0.25, 0.3) is 11.1 Å². The van der Waals surface area contributed by atoms with Crippen LogP contribution in [0.3, 0.4) is 0 Å². The van der Waals surface area contributed by atoms with E-state index >= 15 is 0 Å². The molecule has 0 saturated heterocycles. The number of hydrogen-bond acceptors (Lipinski definition) is 4. The quantitative estimate of drug-likeness (QED) is 0.423. The molecule has 2 aliphatic rings. The van der Waals surface area contributed by atoms with Gasteiger partial charge in [0.15, 0.2) is 0 Å². The van der Waals surface area contributed by atoms with E-state index in [-0.39, 0.29) is 36.0 Å². The molecule has 0 spiro atoms. The van der Waals surface area contributed by atoms with E-state index in [0.717, 1.165) is 40.7 Å². The summed E-state index contributed by atoms with van der Waals surface area (Å²) in [5, 5.41) is 14.8. The van der Waals surface area contributed by atoms with Crippen molar-refractivity contribution < 1.29 is 24.2 Å². The smallest absolute Gasteiger partial charge is 0.407 e. The van der Waals surface area contributed by atoms with Crippen molar-refractivity contribution in [2.24, 2.45) is 5.92 Å². The number of carboxylic acid groups (broad SMARTS) is 1. The highest BCUT2D eigenvalue weighted by Gasteiger charge is 2.38. The average Bonchev–Trinajstić information content (AvgIpc) is 3.68. The lowest BCUT2D eigenvalue weighted by Gasteiger charge is -2.22. The first kappa shape index (κ1) is 23.6. The lowest BCUT2D eigenvalue weighted by molar-refractivity contribution is -0.124. The van der Waals surface area contributed by atoms with Gasteiger partial charge in [-0.3, -0.25) is 4.79 Å². The molecule has 7 nitrogen and oxygen atoms in total. The van der Waals surface area contributed by atoms with Crippen molar-refractivity contribution in [2.45, 2.75) is 37.8 Å². The minimum absolute atomic E-state index is 0.0508. The number of rotatable bonds is 8. The van der Waals surface area contributed by atoms with E-state index < -0.39 is 18.1 Å². The summed E-state index contributed by atoms with van der Waals surface area (Å²) in [5.41, 5.74) is 5.54. The molecular formula is C29H28N2O5. The van der Waals surface area contributed by atoms with Crippen molar-refractivity contribution in [3.8, 4) is 11.1 Å². The Morgan fingerprint density at radius 3 is 2.03 bits per heavy atom. The molecule has 3 aromatic carbocycles. The van der Waals surface area contributed by atoms with Crippen molar-refractivity contribution in [1.82, 2.24) is 10.6 Å². The standard InChI is InChI=1S/C29H28N2O5/c1-17(18-10-14-20(15-11-18)28(33)34)30-27(32)26(19-12-13-19)31-29(35)36-16-25-23-8-4-2-6-21(23)22-7-3-5-9-24(22)25/h2-11,14-15,17,19,25-26H,12-13,16H2,1H3,(H,30,32)(H,31,35)(H,33,34). The SMILES string of the molecule is CC(NC(=O)C(NC(=O)OCC1c2ccccc2-c2ccccc21)C1CC1)c1ccc(C(=O)O)cc1. The van der Waals surface area contributed by atoms with Gasteiger partial charge in [0.05, 0.1) is 11.6 Å². The number of carboxylic acids is 1. The molecule has 3 aromatic rings. The number of aromatic carboxylic acids is 1. The van der Waals surface area contributed by atoms with Crippen LogP contribution < -0.4 is 10.6 Å². The zero-order valence-electron chi connectivity index (χ0n) is 19.9. The van der Waals surface area contributed by atoms with E-state index in [1.807, 2.05) is 31.2 Å². The molecule has 1 saturated carbocycles. The molecule has 0 radical (unpaired) electrons. The van der Waals surface area contributed by atoms with E-state index in [9.17, 15) is 14.4 Å². The Kier molecular flexibility index (Phi) is 6.46. The highest BCUT2D eigenvalue weighted by atomic mass is 16.5. The van der Waals surface area contributed by atoms with Gasteiger partial charge in [-0.25, -0.2) is 9.59 Å². The van der Waals surface area contributed by atoms with E-state index in [4.69, 9.17) is 9.84 Å².